The van der Waals surface area contributed by atoms with Gasteiger partial charge in [0.2, 0.25) is 0 Å². The molecular formula is C10H24O4Si3. The predicted molar refractivity (Wildman–Crippen MR) is 77.8 cm³/mol. The highest BCUT2D eigenvalue weighted by atomic mass is 28.4. The molecule has 0 atom stereocenters. The van der Waals surface area contributed by atoms with Crippen LogP contribution in [0.5, 0.6) is 0 Å². The van der Waals surface area contributed by atoms with Crippen molar-refractivity contribution in [3.63, 3.8) is 0 Å². The lowest BCUT2D eigenvalue weighted by Crippen LogP contribution is -2.40. The van der Waals surface area contributed by atoms with Crippen molar-refractivity contribution in [2.24, 2.45) is 0 Å². The van der Waals surface area contributed by atoms with Crippen LogP contribution in [0.2, 0.25) is 25.7 Å². The third-order valence-corrected chi connectivity index (χ3v) is 10.7. The summed E-state index contributed by atoms with van der Waals surface area (Å²) in [7, 11) is -2.81. The van der Waals surface area contributed by atoms with Gasteiger partial charge in [-0.25, -0.2) is 4.79 Å². The fourth-order valence-electron chi connectivity index (χ4n) is 1.48. The zero-order valence-electron chi connectivity index (χ0n) is 11.4. The summed E-state index contributed by atoms with van der Waals surface area (Å²) in [5.74, 6) is -0.315. The molecule has 0 aromatic rings. The van der Waals surface area contributed by atoms with Crippen LogP contribution in [0.1, 0.15) is 13.3 Å². The van der Waals surface area contributed by atoms with Crippen molar-refractivity contribution in [2.45, 2.75) is 39.0 Å². The van der Waals surface area contributed by atoms with Crippen molar-refractivity contribution in [3.8, 4) is 0 Å². The van der Waals surface area contributed by atoms with Gasteiger partial charge >= 0.3 is 14.5 Å². The maximum Gasteiger partial charge on any atom is 0.333 e. The van der Waals surface area contributed by atoms with Crippen molar-refractivity contribution in [3.05, 3.63) is 12.2 Å². The first kappa shape index (κ1) is 16.8. The monoisotopic (exact) mass is 292 g/mol. The number of carbonyl (C=O) groups excluding carboxylic acids is 1. The Labute approximate surface area is 110 Å². The Morgan fingerprint density at radius 2 is 1.82 bits per heavy atom. The van der Waals surface area contributed by atoms with Crippen LogP contribution in [-0.4, -0.2) is 40.7 Å². The second kappa shape index (κ2) is 8.81. The van der Waals surface area contributed by atoms with Gasteiger partial charge in [0.1, 0.15) is 19.5 Å². The third kappa shape index (κ3) is 7.66. The van der Waals surface area contributed by atoms with E-state index in [1.807, 2.05) is 0 Å². The van der Waals surface area contributed by atoms with Crippen LogP contribution in [0.3, 0.4) is 0 Å². The molecule has 0 spiro atoms. The number of rotatable bonds is 9. The summed E-state index contributed by atoms with van der Waals surface area (Å²) in [5.41, 5.74) is 0.444. The number of ether oxygens (including phenoxy) is 1. The average Bonchev–Trinajstić information content (AvgIpc) is 2.24. The minimum Gasteiger partial charge on any atom is -0.462 e. The molecule has 0 aliphatic rings. The predicted octanol–water partition coefficient (Wildman–Crippen LogP) is 0.865. The Morgan fingerprint density at radius 1 is 1.29 bits per heavy atom. The maximum absolute atomic E-state index is 11.2. The lowest BCUT2D eigenvalue weighted by Gasteiger charge is -2.26. The van der Waals surface area contributed by atoms with Crippen LogP contribution in [-0.2, 0) is 17.8 Å². The third-order valence-electron chi connectivity index (χ3n) is 2.26. The van der Waals surface area contributed by atoms with E-state index < -0.39 is 28.1 Å². The molecule has 0 rings (SSSR count). The highest BCUT2D eigenvalue weighted by Crippen LogP contribution is 2.15. The van der Waals surface area contributed by atoms with Gasteiger partial charge < -0.3 is 13.0 Å². The highest BCUT2D eigenvalue weighted by molar-refractivity contribution is 6.74. The first-order valence-corrected chi connectivity index (χ1v) is 12.6. The molecular weight excluding hydrogens is 268 g/mol. The molecule has 100 valence electrons. The van der Waals surface area contributed by atoms with E-state index in [-0.39, 0.29) is 5.97 Å². The summed E-state index contributed by atoms with van der Waals surface area (Å²) < 4.78 is 16.8. The van der Waals surface area contributed by atoms with E-state index in [4.69, 9.17) is 13.0 Å². The van der Waals surface area contributed by atoms with Crippen molar-refractivity contribution in [2.75, 3.05) is 6.61 Å². The van der Waals surface area contributed by atoms with Gasteiger partial charge in [-0.15, -0.1) is 0 Å². The minimum absolute atomic E-state index is 0.315. The zero-order chi connectivity index (χ0) is 13.3. The standard InChI is InChI=1S/C10H24O4Si3/c1-9(2)10(11)12-7-6-8-17(5,13-15-3)14-16-4/h1,6-8,15-16H2,2-5H3. The molecule has 0 fully saturated rings. The second-order valence-corrected chi connectivity index (χ2v) is 10.3. The summed E-state index contributed by atoms with van der Waals surface area (Å²) in [4.78, 5) is 11.2. The molecule has 0 aliphatic carbocycles. The van der Waals surface area contributed by atoms with Gasteiger partial charge in [0.25, 0.3) is 0 Å². The van der Waals surface area contributed by atoms with E-state index >= 15 is 0 Å². The number of carbonyl (C=O) groups is 1. The molecule has 0 heterocycles. The van der Waals surface area contributed by atoms with E-state index in [0.29, 0.717) is 12.2 Å². The molecule has 0 amide bonds. The van der Waals surface area contributed by atoms with Gasteiger partial charge in [-0.3, -0.25) is 0 Å². The fourth-order valence-corrected chi connectivity index (χ4v) is 9.39. The van der Waals surface area contributed by atoms with Gasteiger partial charge in [0, 0.05) is 5.57 Å². The first-order valence-electron chi connectivity index (χ1n) is 6.05. The fraction of sp³-hybridized carbons (Fsp3) is 0.700. The normalized spacial score (nSPS) is 15.5. The second-order valence-electron chi connectivity index (χ2n) is 4.02. The number of hydrogen-bond acceptors (Lipinski definition) is 4. The molecule has 4 nitrogen and oxygen atoms in total. The van der Waals surface area contributed by atoms with Crippen LogP contribution in [0.4, 0.5) is 0 Å². The molecule has 0 bridgehead atoms. The highest BCUT2D eigenvalue weighted by Gasteiger charge is 2.28. The van der Waals surface area contributed by atoms with Crippen LogP contribution in [0.15, 0.2) is 12.2 Å². The van der Waals surface area contributed by atoms with Crippen LogP contribution in [0, 0.1) is 0 Å². The van der Waals surface area contributed by atoms with Crippen molar-refractivity contribution < 1.29 is 17.8 Å². The molecule has 0 saturated carbocycles. The van der Waals surface area contributed by atoms with Gasteiger partial charge in [-0.1, -0.05) is 19.7 Å². The van der Waals surface area contributed by atoms with Gasteiger partial charge in [-0.05, 0) is 25.9 Å². The van der Waals surface area contributed by atoms with E-state index in [2.05, 4.69) is 26.2 Å². The Bertz CT molecular complexity index is 252. The quantitative estimate of drug-likeness (QED) is 0.274. The van der Waals surface area contributed by atoms with E-state index in [1.54, 1.807) is 6.92 Å². The van der Waals surface area contributed by atoms with Gasteiger partial charge in [-0.2, -0.15) is 0 Å². The molecule has 0 radical (unpaired) electrons. The molecule has 0 saturated heterocycles. The Hall–Kier alpha value is -0.219. The Balaban J connectivity index is 3.90. The van der Waals surface area contributed by atoms with Crippen LogP contribution >= 0.6 is 0 Å². The van der Waals surface area contributed by atoms with E-state index in [1.165, 1.54) is 0 Å². The van der Waals surface area contributed by atoms with Crippen molar-refractivity contribution >= 4 is 34.1 Å². The molecule has 0 N–H and O–H groups in total. The molecule has 0 unspecified atom stereocenters. The molecule has 0 aliphatic heterocycles. The topological polar surface area (TPSA) is 44.8 Å². The summed E-state index contributed by atoms with van der Waals surface area (Å²) in [6, 6.07) is 0.901. The minimum atomic E-state index is -1.94. The van der Waals surface area contributed by atoms with Gasteiger partial charge in [0.05, 0.1) is 6.61 Å². The molecule has 0 aromatic carbocycles. The first-order chi connectivity index (χ1) is 7.95. The van der Waals surface area contributed by atoms with Crippen molar-refractivity contribution in [1.29, 1.82) is 0 Å². The Morgan fingerprint density at radius 3 is 2.24 bits per heavy atom. The van der Waals surface area contributed by atoms with Crippen LogP contribution < -0.4 is 0 Å². The zero-order valence-corrected chi connectivity index (χ0v) is 15.2. The number of hydrogen-bond donors (Lipinski definition) is 0. The molecule has 17 heavy (non-hydrogen) atoms. The van der Waals surface area contributed by atoms with Crippen molar-refractivity contribution in [1.82, 2.24) is 0 Å². The lowest BCUT2D eigenvalue weighted by molar-refractivity contribution is -0.138. The summed E-state index contributed by atoms with van der Waals surface area (Å²) in [5, 5.41) is 0. The van der Waals surface area contributed by atoms with E-state index in [9.17, 15) is 4.79 Å². The van der Waals surface area contributed by atoms with Crippen LogP contribution in [0.25, 0.3) is 0 Å². The van der Waals surface area contributed by atoms with Gasteiger partial charge in [0.15, 0.2) is 0 Å². The number of esters is 1. The molecule has 7 heteroatoms. The summed E-state index contributed by atoms with van der Waals surface area (Å²) in [6.45, 7) is 12.0. The lowest BCUT2D eigenvalue weighted by atomic mass is 10.4. The maximum atomic E-state index is 11.2. The van der Waals surface area contributed by atoms with E-state index in [0.717, 1.165) is 12.5 Å². The Kier molecular flexibility index (Phi) is 8.70. The largest absolute Gasteiger partial charge is 0.462 e. The smallest absolute Gasteiger partial charge is 0.333 e. The average molecular weight is 293 g/mol. The summed E-state index contributed by atoms with van der Waals surface area (Å²) in [6.07, 6.45) is 0.810. The SMILES string of the molecule is C=C(C)C(=O)OCCC[Si](C)(O[SiH2]C)O[SiH2]C. The summed E-state index contributed by atoms with van der Waals surface area (Å²) >= 11 is 0. The molecule has 0 aromatic heterocycles.